The van der Waals surface area contributed by atoms with Crippen molar-refractivity contribution in [2.75, 3.05) is 11.5 Å². The molecule has 0 aromatic carbocycles. The quantitative estimate of drug-likeness (QED) is 0.861. The van der Waals surface area contributed by atoms with E-state index < -0.39 is 23.0 Å². The van der Waals surface area contributed by atoms with Crippen molar-refractivity contribution < 1.29 is 14.7 Å². The molecule has 0 aliphatic carbocycles. The number of carbonyl (C=O) groups excluding carboxylic acids is 1. The summed E-state index contributed by atoms with van der Waals surface area (Å²) in [6.45, 7) is 0. The number of nitrogens with zero attached hydrogens (tertiary/aromatic N) is 2. The number of fused-ring (bicyclic) bond motifs is 1. The molecule has 1 aliphatic rings. The van der Waals surface area contributed by atoms with Gasteiger partial charge in [0, 0.05) is 12.4 Å². The van der Waals surface area contributed by atoms with Crippen molar-refractivity contribution >= 4 is 29.3 Å². The molecule has 23 heavy (non-hydrogen) atoms. The number of thioether (sulfide) groups is 1. The number of carbonyl (C=O) groups is 2. The van der Waals surface area contributed by atoms with E-state index >= 15 is 0 Å². The fourth-order valence-electron chi connectivity index (χ4n) is 2.58. The molecule has 0 saturated carbocycles. The van der Waals surface area contributed by atoms with Crippen LogP contribution in [0.3, 0.4) is 0 Å². The van der Waals surface area contributed by atoms with Gasteiger partial charge in [-0.05, 0) is 36.5 Å². The molecule has 1 saturated heterocycles. The molecule has 0 unspecified atom stereocenters. The van der Waals surface area contributed by atoms with E-state index in [1.807, 2.05) is 0 Å². The zero-order chi connectivity index (χ0) is 16.4. The Labute approximate surface area is 135 Å². The van der Waals surface area contributed by atoms with Crippen LogP contribution in [0.25, 0.3) is 5.65 Å². The van der Waals surface area contributed by atoms with Gasteiger partial charge in [-0.1, -0.05) is 6.07 Å². The molecular formula is C15H15N3O4S. The largest absolute Gasteiger partial charge is 0.480 e. The Morgan fingerprint density at radius 1 is 1.30 bits per heavy atom. The molecule has 2 N–H and O–H groups in total. The molecule has 0 radical (unpaired) electrons. The minimum Gasteiger partial charge on any atom is -0.480 e. The van der Waals surface area contributed by atoms with Gasteiger partial charge in [-0.3, -0.25) is 14.0 Å². The second-order valence-corrected chi connectivity index (χ2v) is 6.58. The van der Waals surface area contributed by atoms with Crippen LogP contribution >= 0.6 is 11.8 Å². The van der Waals surface area contributed by atoms with Gasteiger partial charge in [-0.25, -0.2) is 9.78 Å². The Morgan fingerprint density at radius 2 is 2.04 bits per heavy atom. The molecule has 0 bridgehead atoms. The van der Waals surface area contributed by atoms with Crippen LogP contribution in [-0.4, -0.2) is 43.4 Å². The average Bonchev–Trinajstić information content (AvgIpc) is 2.56. The van der Waals surface area contributed by atoms with E-state index in [-0.39, 0.29) is 5.56 Å². The summed E-state index contributed by atoms with van der Waals surface area (Å²) in [5, 5.41) is 12.1. The standard InChI is InChI=1S/C15H15N3O4S/c19-12(17-15(14(21)22)4-7-23-8-5-15)10-9-16-11-3-1-2-6-18(11)13(10)20/h1-3,6,9H,4-5,7-8H2,(H,17,19)(H,21,22). The highest BCUT2D eigenvalue weighted by atomic mass is 32.2. The van der Waals surface area contributed by atoms with Gasteiger partial charge in [-0.15, -0.1) is 0 Å². The third-order valence-corrected chi connectivity index (χ3v) is 4.95. The number of carboxylic acids is 1. The Kier molecular flexibility index (Phi) is 4.08. The minimum absolute atomic E-state index is 0.160. The molecule has 0 atom stereocenters. The Balaban J connectivity index is 1.95. The molecular weight excluding hydrogens is 318 g/mol. The van der Waals surface area contributed by atoms with Gasteiger partial charge >= 0.3 is 5.97 Å². The number of rotatable bonds is 3. The van der Waals surface area contributed by atoms with Crippen LogP contribution in [0.4, 0.5) is 0 Å². The third-order valence-electron chi connectivity index (χ3n) is 3.97. The topological polar surface area (TPSA) is 101 Å². The number of nitrogens with one attached hydrogen (secondary N) is 1. The summed E-state index contributed by atoms with van der Waals surface area (Å²) in [4.78, 5) is 40.5. The highest BCUT2D eigenvalue weighted by Gasteiger charge is 2.41. The molecule has 7 nitrogen and oxygen atoms in total. The zero-order valence-electron chi connectivity index (χ0n) is 12.2. The van der Waals surface area contributed by atoms with Crippen molar-refractivity contribution in [3.63, 3.8) is 0 Å². The van der Waals surface area contributed by atoms with Crippen molar-refractivity contribution in [1.82, 2.24) is 14.7 Å². The number of carboxylic acid groups (broad SMARTS) is 1. The van der Waals surface area contributed by atoms with E-state index in [0.717, 1.165) is 0 Å². The maximum atomic E-state index is 12.5. The summed E-state index contributed by atoms with van der Waals surface area (Å²) in [5.74, 6) is -0.460. The predicted octanol–water partition coefficient (Wildman–Crippen LogP) is 0.775. The van der Waals surface area contributed by atoms with Crippen molar-refractivity contribution in [3.05, 3.63) is 46.5 Å². The average molecular weight is 333 g/mol. The highest BCUT2D eigenvalue weighted by molar-refractivity contribution is 7.99. The number of amides is 1. The fraction of sp³-hybridized carbons (Fsp3) is 0.333. The molecule has 1 amide bonds. The molecule has 1 fully saturated rings. The lowest BCUT2D eigenvalue weighted by molar-refractivity contribution is -0.144. The number of pyridine rings is 1. The van der Waals surface area contributed by atoms with Crippen LogP contribution in [0.2, 0.25) is 0 Å². The first kappa shape index (κ1) is 15.5. The summed E-state index contributed by atoms with van der Waals surface area (Å²) >= 11 is 1.65. The van der Waals surface area contributed by atoms with Gasteiger partial charge in [0.05, 0.1) is 0 Å². The van der Waals surface area contributed by atoms with E-state index in [1.54, 1.807) is 30.0 Å². The van der Waals surface area contributed by atoms with E-state index in [1.165, 1.54) is 16.8 Å². The van der Waals surface area contributed by atoms with Crippen LogP contribution in [0, 0.1) is 0 Å². The number of aromatic nitrogens is 2. The number of aliphatic carboxylic acids is 1. The first-order valence-corrected chi connectivity index (χ1v) is 8.29. The second kappa shape index (κ2) is 6.04. The summed E-state index contributed by atoms with van der Waals surface area (Å²) in [6.07, 6.45) is 3.38. The van der Waals surface area contributed by atoms with Gasteiger partial charge in [-0.2, -0.15) is 11.8 Å². The Bertz CT molecular complexity index is 827. The van der Waals surface area contributed by atoms with Gasteiger partial charge in [0.2, 0.25) is 0 Å². The predicted molar refractivity (Wildman–Crippen MR) is 85.9 cm³/mol. The molecule has 1 aliphatic heterocycles. The van der Waals surface area contributed by atoms with Crippen LogP contribution < -0.4 is 10.9 Å². The van der Waals surface area contributed by atoms with E-state index in [4.69, 9.17) is 0 Å². The Hall–Kier alpha value is -2.35. The fourth-order valence-corrected chi connectivity index (χ4v) is 3.77. The highest BCUT2D eigenvalue weighted by Crippen LogP contribution is 2.27. The molecule has 2 aromatic heterocycles. The minimum atomic E-state index is -1.31. The van der Waals surface area contributed by atoms with Gasteiger partial charge in [0.25, 0.3) is 11.5 Å². The lowest BCUT2D eigenvalue weighted by Gasteiger charge is -2.33. The first-order valence-electron chi connectivity index (χ1n) is 7.14. The molecule has 3 heterocycles. The van der Waals surface area contributed by atoms with Crippen LogP contribution in [-0.2, 0) is 4.79 Å². The molecule has 8 heteroatoms. The molecule has 120 valence electrons. The van der Waals surface area contributed by atoms with E-state index in [9.17, 15) is 19.5 Å². The third kappa shape index (κ3) is 2.81. The van der Waals surface area contributed by atoms with Crippen molar-refractivity contribution in [1.29, 1.82) is 0 Å². The van der Waals surface area contributed by atoms with E-state index in [2.05, 4.69) is 10.3 Å². The summed E-state index contributed by atoms with van der Waals surface area (Å²) in [7, 11) is 0. The van der Waals surface area contributed by atoms with Crippen molar-refractivity contribution in [3.8, 4) is 0 Å². The molecule has 2 aromatic rings. The van der Waals surface area contributed by atoms with Crippen LogP contribution in [0.1, 0.15) is 23.2 Å². The lowest BCUT2D eigenvalue weighted by Crippen LogP contribution is -2.57. The van der Waals surface area contributed by atoms with Gasteiger partial charge < -0.3 is 10.4 Å². The summed E-state index contributed by atoms with van der Waals surface area (Å²) in [6, 6.07) is 5.05. The van der Waals surface area contributed by atoms with Gasteiger partial charge in [0.1, 0.15) is 16.7 Å². The maximum absolute atomic E-state index is 12.5. The normalized spacial score (nSPS) is 16.9. The van der Waals surface area contributed by atoms with E-state index in [0.29, 0.717) is 30.0 Å². The maximum Gasteiger partial charge on any atom is 0.329 e. The summed E-state index contributed by atoms with van der Waals surface area (Å²) < 4.78 is 1.26. The molecule has 0 spiro atoms. The van der Waals surface area contributed by atoms with Crippen molar-refractivity contribution in [2.24, 2.45) is 0 Å². The van der Waals surface area contributed by atoms with Gasteiger partial charge in [0.15, 0.2) is 0 Å². The second-order valence-electron chi connectivity index (χ2n) is 5.36. The SMILES string of the molecule is O=C(NC1(C(=O)O)CCSCC1)c1cnc2ccccn2c1=O. The summed E-state index contributed by atoms with van der Waals surface area (Å²) in [5.41, 5.74) is -1.56. The monoisotopic (exact) mass is 333 g/mol. The smallest absolute Gasteiger partial charge is 0.329 e. The van der Waals surface area contributed by atoms with Crippen LogP contribution in [0.5, 0.6) is 0 Å². The molecule has 3 rings (SSSR count). The Morgan fingerprint density at radius 3 is 2.74 bits per heavy atom. The number of hydrogen-bond acceptors (Lipinski definition) is 5. The zero-order valence-corrected chi connectivity index (χ0v) is 13.0. The first-order chi connectivity index (χ1) is 11.0. The lowest BCUT2D eigenvalue weighted by atomic mass is 9.92. The van der Waals surface area contributed by atoms with Crippen molar-refractivity contribution in [2.45, 2.75) is 18.4 Å². The van der Waals surface area contributed by atoms with Crippen LogP contribution in [0.15, 0.2) is 35.4 Å². The number of hydrogen-bond donors (Lipinski definition) is 2.